The summed E-state index contributed by atoms with van der Waals surface area (Å²) in [4.78, 5) is 0. The second kappa shape index (κ2) is 6.63. The maximum atomic E-state index is 11.4. The van der Waals surface area contributed by atoms with Crippen molar-refractivity contribution in [3.8, 4) is 0 Å². The Morgan fingerprint density at radius 1 is 1.53 bits per heavy atom. The Morgan fingerprint density at radius 3 is 2.53 bits per heavy atom. The zero-order valence-corrected chi connectivity index (χ0v) is 10.4. The fourth-order valence-corrected chi connectivity index (χ4v) is 2.14. The van der Waals surface area contributed by atoms with Crippen molar-refractivity contribution >= 4 is 10.0 Å². The maximum Gasteiger partial charge on any atom is 0.232 e. The molecule has 0 bridgehead atoms. The Hall–Kier alpha value is -0.810. The van der Waals surface area contributed by atoms with Crippen LogP contribution in [0.5, 0.6) is 0 Å². The second-order valence-corrected chi connectivity index (χ2v) is 4.98. The van der Waals surface area contributed by atoms with Gasteiger partial charge in [-0.05, 0) is 19.9 Å². The van der Waals surface area contributed by atoms with E-state index in [4.69, 9.17) is 4.74 Å². The second-order valence-electron chi connectivity index (χ2n) is 3.08. The molecule has 0 amide bonds. The normalized spacial score (nSPS) is 12.6. The van der Waals surface area contributed by atoms with Crippen LogP contribution in [0, 0.1) is 0 Å². The standard InChI is InChI=1S/C10H19NO3S/c1-5-7-10(3)11(15(4,12)13)8-9-14-6-2/h5,7H,1,6,8-9H2,2-4H3/b10-7+. The van der Waals surface area contributed by atoms with Crippen LogP contribution in [0.25, 0.3) is 0 Å². The van der Waals surface area contributed by atoms with E-state index < -0.39 is 10.0 Å². The number of sulfonamides is 1. The van der Waals surface area contributed by atoms with Gasteiger partial charge in [0.05, 0.1) is 19.4 Å². The van der Waals surface area contributed by atoms with Gasteiger partial charge in [-0.2, -0.15) is 0 Å². The summed E-state index contributed by atoms with van der Waals surface area (Å²) in [6.07, 6.45) is 4.40. The molecule has 0 saturated carbocycles. The minimum Gasteiger partial charge on any atom is -0.380 e. The lowest BCUT2D eigenvalue weighted by Gasteiger charge is -2.22. The van der Waals surface area contributed by atoms with Gasteiger partial charge in [-0.25, -0.2) is 8.42 Å². The van der Waals surface area contributed by atoms with Crippen molar-refractivity contribution in [1.29, 1.82) is 0 Å². The van der Waals surface area contributed by atoms with Gasteiger partial charge in [0.15, 0.2) is 0 Å². The first-order valence-electron chi connectivity index (χ1n) is 4.78. The molecule has 0 N–H and O–H groups in total. The SMILES string of the molecule is C=C/C=C(\C)N(CCOCC)S(C)(=O)=O. The van der Waals surface area contributed by atoms with Crippen LogP contribution in [0.1, 0.15) is 13.8 Å². The highest BCUT2D eigenvalue weighted by molar-refractivity contribution is 7.88. The fraction of sp³-hybridized carbons (Fsp3) is 0.600. The van der Waals surface area contributed by atoms with Gasteiger partial charge in [0, 0.05) is 12.3 Å². The Labute approximate surface area is 92.3 Å². The van der Waals surface area contributed by atoms with E-state index in [2.05, 4.69) is 6.58 Å². The number of hydrogen-bond donors (Lipinski definition) is 0. The molecule has 4 nitrogen and oxygen atoms in total. The van der Waals surface area contributed by atoms with Crippen LogP contribution in [0.2, 0.25) is 0 Å². The fourth-order valence-electron chi connectivity index (χ4n) is 1.15. The van der Waals surface area contributed by atoms with Crippen LogP contribution < -0.4 is 0 Å². The molecule has 0 radical (unpaired) electrons. The molecule has 0 aliphatic rings. The molecule has 0 unspecified atom stereocenters. The van der Waals surface area contributed by atoms with Gasteiger partial charge < -0.3 is 4.74 Å². The smallest absolute Gasteiger partial charge is 0.232 e. The van der Waals surface area contributed by atoms with E-state index in [0.29, 0.717) is 25.5 Å². The van der Waals surface area contributed by atoms with Crippen LogP contribution in [-0.4, -0.2) is 38.7 Å². The molecule has 88 valence electrons. The van der Waals surface area contributed by atoms with E-state index in [-0.39, 0.29) is 0 Å². The predicted octanol–water partition coefficient (Wildman–Crippen LogP) is 1.37. The molecule has 0 rings (SSSR count). The minimum atomic E-state index is -3.23. The van der Waals surface area contributed by atoms with E-state index in [1.807, 2.05) is 6.92 Å². The lowest BCUT2D eigenvalue weighted by molar-refractivity contribution is 0.139. The molecule has 0 aromatic rings. The molecule has 0 aromatic carbocycles. The van der Waals surface area contributed by atoms with Gasteiger partial charge in [0.25, 0.3) is 0 Å². The van der Waals surface area contributed by atoms with Crippen molar-refractivity contribution in [2.24, 2.45) is 0 Å². The van der Waals surface area contributed by atoms with Crippen molar-refractivity contribution < 1.29 is 13.2 Å². The van der Waals surface area contributed by atoms with Crippen LogP contribution in [-0.2, 0) is 14.8 Å². The average Bonchev–Trinajstić information content (AvgIpc) is 2.10. The minimum absolute atomic E-state index is 0.336. The Bertz CT molecular complexity index is 320. The van der Waals surface area contributed by atoms with E-state index >= 15 is 0 Å². The third kappa shape index (κ3) is 5.59. The Kier molecular flexibility index (Phi) is 6.27. The zero-order valence-electron chi connectivity index (χ0n) is 9.56. The van der Waals surface area contributed by atoms with Gasteiger partial charge in [-0.1, -0.05) is 12.7 Å². The van der Waals surface area contributed by atoms with Crippen molar-refractivity contribution in [2.75, 3.05) is 26.0 Å². The lowest BCUT2D eigenvalue weighted by atomic mass is 10.4. The van der Waals surface area contributed by atoms with Crippen molar-refractivity contribution in [1.82, 2.24) is 4.31 Å². The van der Waals surface area contributed by atoms with E-state index in [0.717, 1.165) is 0 Å². The van der Waals surface area contributed by atoms with Gasteiger partial charge >= 0.3 is 0 Å². The molecule has 0 atom stereocenters. The summed E-state index contributed by atoms with van der Waals surface area (Å²) in [6, 6.07) is 0. The summed E-state index contributed by atoms with van der Waals surface area (Å²) < 4.78 is 29.3. The molecular formula is C10H19NO3S. The van der Waals surface area contributed by atoms with E-state index in [1.54, 1.807) is 19.1 Å². The number of nitrogens with zero attached hydrogens (tertiary/aromatic N) is 1. The third-order valence-electron chi connectivity index (χ3n) is 1.80. The topological polar surface area (TPSA) is 46.6 Å². The lowest BCUT2D eigenvalue weighted by Crippen LogP contribution is -2.31. The first-order valence-corrected chi connectivity index (χ1v) is 6.63. The Balaban J connectivity index is 4.61. The van der Waals surface area contributed by atoms with Crippen LogP contribution in [0.3, 0.4) is 0 Å². The zero-order chi connectivity index (χ0) is 11.9. The number of ether oxygens (including phenoxy) is 1. The van der Waals surface area contributed by atoms with Crippen molar-refractivity contribution in [3.63, 3.8) is 0 Å². The molecule has 0 heterocycles. The van der Waals surface area contributed by atoms with Crippen LogP contribution >= 0.6 is 0 Å². The summed E-state index contributed by atoms with van der Waals surface area (Å²) in [7, 11) is -3.23. The summed E-state index contributed by atoms with van der Waals surface area (Å²) in [6.45, 7) is 8.45. The maximum absolute atomic E-state index is 11.4. The van der Waals surface area contributed by atoms with Crippen molar-refractivity contribution in [3.05, 3.63) is 24.4 Å². The highest BCUT2D eigenvalue weighted by Crippen LogP contribution is 2.08. The van der Waals surface area contributed by atoms with Gasteiger partial charge in [0.2, 0.25) is 10.0 Å². The van der Waals surface area contributed by atoms with Crippen LogP contribution in [0.4, 0.5) is 0 Å². The highest BCUT2D eigenvalue weighted by atomic mass is 32.2. The van der Waals surface area contributed by atoms with Gasteiger partial charge in [0.1, 0.15) is 0 Å². The third-order valence-corrected chi connectivity index (χ3v) is 3.07. The average molecular weight is 233 g/mol. The first kappa shape index (κ1) is 14.2. The van der Waals surface area contributed by atoms with Gasteiger partial charge in [-0.3, -0.25) is 4.31 Å². The van der Waals surface area contributed by atoms with Crippen molar-refractivity contribution in [2.45, 2.75) is 13.8 Å². The molecule has 0 fully saturated rings. The molecule has 15 heavy (non-hydrogen) atoms. The Morgan fingerprint density at radius 2 is 2.13 bits per heavy atom. The molecule has 0 aliphatic carbocycles. The molecule has 0 spiro atoms. The summed E-state index contributed by atoms with van der Waals surface area (Å²) in [5.74, 6) is 0. The molecule has 0 aromatic heterocycles. The van der Waals surface area contributed by atoms with E-state index in [1.165, 1.54) is 10.6 Å². The molecular weight excluding hydrogens is 214 g/mol. The molecule has 0 saturated heterocycles. The number of rotatable bonds is 7. The largest absolute Gasteiger partial charge is 0.380 e. The molecule has 0 aliphatic heterocycles. The monoisotopic (exact) mass is 233 g/mol. The highest BCUT2D eigenvalue weighted by Gasteiger charge is 2.15. The quantitative estimate of drug-likeness (QED) is 0.493. The first-order chi connectivity index (χ1) is 6.93. The summed E-state index contributed by atoms with van der Waals surface area (Å²) in [5.41, 5.74) is 0.646. The van der Waals surface area contributed by atoms with E-state index in [9.17, 15) is 8.42 Å². The summed E-state index contributed by atoms with van der Waals surface area (Å²) in [5, 5.41) is 0. The number of allylic oxidation sites excluding steroid dienone is 3. The molecule has 5 heteroatoms. The number of hydrogen-bond acceptors (Lipinski definition) is 3. The van der Waals surface area contributed by atoms with Gasteiger partial charge in [-0.15, -0.1) is 0 Å². The predicted molar refractivity (Wildman–Crippen MR) is 62.0 cm³/mol. The van der Waals surface area contributed by atoms with Crippen LogP contribution in [0.15, 0.2) is 24.4 Å². The summed E-state index contributed by atoms with van der Waals surface area (Å²) >= 11 is 0.